The number of anilines is 2. The molecule has 2 aromatic carbocycles. The maximum absolute atomic E-state index is 12.8. The number of halogens is 2. The van der Waals surface area contributed by atoms with E-state index in [4.69, 9.17) is 23.2 Å². The summed E-state index contributed by atoms with van der Waals surface area (Å²) in [7, 11) is -7.57. The fourth-order valence-corrected chi connectivity index (χ4v) is 7.80. The van der Waals surface area contributed by atoms with Gasteiger partial charge < -0.3 is 5.32 Å². The van der Waals surface area contributed by atoms with Crippen molar-refractivity contribution in [2.24, 2.45) is 5.92 Å². The summed E-state index contributed by atoms with van der Waals surface area (Å²) in [5, 5.41) is 4.75. The number of amides is 1. The van der Waals surface area contributed by atoms with Gasteiger partial charge in [-0.3, -0.25) is 9.52 Å². The van der Waals surface area contributed by atoms with Crippen LogP contribution in [0.1, 0.15) is 12.8 Å². The van der Waals surface area contributed by atoms with Crippen molar-refractivity contribution in [1.82, 2.24) is 4.31 Å². The van der Waals surface area contributed by atoms with Crippen LogP contribution in [0.5, 0.6) is 0 Å². The normalized spacial score (nSPS) is 17.1. The first kappa shape index (κ1) is 25.9. The maximum atomic E-state index is 12.8. The van der Waals surface area contributed by atoms with Crippen LogP contribution in [0.3, 0.4) is 0 Å². The standard InChI is InChI=1S/C22H21Cl2N3O5S3/c23-18-5-1-6-19(21(18)24)26-34(29,30)17-10-8-16(9-11-17)25-22(28)15-4-2-12-27(14-15)35(31,32)20-7-3-13-33-20/h1,3,5-11,13,15,26H,2,4,12,14H2,(H,25,28)/t15-/m0/s1. The zero-order valence-corrected chi connectivity index (χ0v) is 22.1. The van der Waals surface area contributed by atoms with Gasteiger partial charge in [-0.2, -0.15) is 4.31 Å². The molecule has 186 valence electrons. The molecule has 1 amide bonds. The monoisotopic (exact) mass is 573 g/mol. The molecule has 0 unspecified atom stereocenters. The summed E-state index contributed by atoms with van der Waals surface area (Å²) in [5.41, 5.74) is 0.545. The maximum Gasteiger partial charge on any atom is 0.261 e. The van der Waals surface area contributed by atoms with Crippen molar-refractivity contribution in [3.05, 3.63) is 70.0 Å². The van der Waals surface area contributed by atoms with Crippen molar-refractivity contribution in [2.75, 3.05) is 23.1 Å². The minimum Gasteiger partial charge on any atom is -0.326 e. The molecule has 0 bridgehead atoms. The minimum atomic E-state index is -3.94. The SMILES string of the molecule is O=C(Nc1ccc(S(=O)(=O)Nc2cccc(Cl)c2Cl)cc1)[C@H]1CCCN(S(=O)(=O)c2cccs2)C1. The highest BCUT2D eigenvalue weighted by Crippen LogP contribution is 2.31. The van der Waals surface area contributed by atoms with Gasteiger partial charge in [0.1, 0.15) is 4.21 Å². The molecular formula is C22H21Cl2N3O5S3. The van der Waals surface area contributed by atoms with Crippen molar-refractivity contribution in [2.45, 2.75) is 21.9 Å². The Hall–Kier alpha value is -2.15. The van der Waals surface area contributed by atoms with E-state index in [9.17, 15) is 21.6 Å². The van der Waals surface area contributed by atoms with Gasteiger partial charge in [0, 0.05) is 18.8 Å². The van der Waals surface area contributed by atoms with E-state index in [0.717, 1.165) is 11.3 Å². The van der Waals surface area contributed by atoms with Crippen LogP contribution in [0.4, 0.5) is 11.4 Å². The van der Waals surface area contributed by atoms with Gasteiger partial charge in [0.05, 0.1) is 26.5 Å². The fourth-order valence-electron chi connectivity index (χ4n) is 3.66. The van der Waals surface area contributed by atoms with Crippen molar-refractivity contribution < 1.29 is 21.6 Å². The summed E-state index contributed by atoms with van der Waals surface area (Å²) < 4.78 is 55.0. The highest BCUT2D eigenvalue weighted by molar-refractivity contribution is 7.92. The predicted octanol–water partition coefficient (Wildman–Crippen LogP) is 4.90. The van der Waals surface area contributed by atoms with Gasteiger partial charge >= 0.3 is 0 Å². The molecule has 2 N–H and O–H groups in total. The predicted molar refractivity (Wildman–Crippen MR) is 138 cm³/mol. The highest BCUT2D eigenvalue weighted by atomic mass is 35.5. The number of sulfonamides is 2. The number of thiophene rings is 1. The van der Waals surface area contributed by atoms with E-state index < -0.39 is 26.0 Å². The second-order valence-electron chi connectivity index (χ2n) is 7.85. The van der Waals surface area contributed by atoms with Crippen LogP contribution >= 0.6 is 34.5 Å². The van der Waals surface area contributed by atoms with Gasteiger partial charge in [-0.05, 0) is 60.7 Å². The molecule has 1 aromatic heterocycles. The molecule has 0 spiro atoms. The van der Waals surface area contributed by atoms with E-state index >= 15 is 0 Å². The molecule has 1 saturated heterocycles. The van der Waals surface area contributed by atoms with Crippen LogP contribution in [0.2, 0.25) is 10.0 Å². The Balaban J connectivity index is 1.42. The number of piperidine rings is 1. The Morgan fingerprint density at radius 2 is 1.74 bits per heavy atom. The molecule has 13 heteroatoms. The first-order chi connectivity index (χ1) is 16.6. The average molecular weight is 575 g/mol. The molecule has 1 aliphatic heterocycles. The molecule has 1 atom stereocenters. The van der Waals surface area contributed by atoms with Gasteiger partial charge in [-0.15, -0.1) is 11.3 Å². The summed E-state index contributed by atoms with van der Waals surface area (Å²) in [6.45, 7) is 0.447. The van der Waals surface area contributed by atoms with Gasteiger partial charge in [-0.25, -0.2) is 16.8 Å². The van der Waals surface area contributed by atoms with Crippen molar-refractivity contribution >= 4 is 71.9 Å². The quantitative estimate of drug-likeness (QED) is 0.417. The zero-order valence-electron chi connectivity index (χ0n) is 18.1. The van der Waals surface area contributed by atoms with Crippen molar-refractivity contribution in [1.29, 1.82) is 0 Å². The van der Waals surface area contributed by atoms with Gasteiger partial charge in [0.25, 0.3) is 20.0 Å². The third kappa shape index (κ3) is 5.82. The Morgan fingerprint density at radius 1 is 1.00 bits per heavy atom. The molecular weight excluding hydrogens is 553 g/mol. The van der Waals surface area contributed by atoms with E-state index in [2.05, 4.69) is 10.0 Å². The zero-order chi connectivity index (χ0) is 25.2. The summed E-state index contributed by atoms with van der Waals surface area (Å²) in [4.78, 5) is 12.8. The number of carbonyl (C=O) groups excluding carboxylic acids is 1. The first-order valence-corrected chi connectivity index (χ1v) is 15.1. The number of nitrogens with zero attached hydrogens (tertiary/aromatic N) is 1. The van der Waals surface area contributed by atoms with E-state index in [1.54, 1.807) is 29.6 Å². The Morgan fingerprint density at radius 3 is 2.43 bits per heavy atom. The lowest BCUT2D eigenvalue weighted by Crippen LogP contribution is -2.43. The number of hydrogen-bond donors (Lipinski definition) is 2. The van der Waals surface area contributed by atoms with Crippen LogP contribution in [-0.4, -0.2) is 40.1 Å². The summed E-state index contributed by atoms with van der Waals surface area (Å²) >= 11 is 13.1. The Labute approximate surface area is 218 Å². The van der Waals surface area contributed by atoms with Crippen LogP contribution in [0.25, 0.3) is 0 Å². The lowest BCUT2D eigenvalue weighted by molar-refractivity contribution is -0.120. The van der Waals surface area contributed by atoms with E-state index in [1.165, 1.54) is 34.6 Å². The molecule has 35 heavy (non-hydrogen) atoms. The number of nitrogens with one attached hydrogen (secondary N) is 2. The summed E-state index contributed by atoms with van der Waals surface area (Å²) in [5.74, 6) is -0.843. The smallest absolute Gasteiger partial charge is 0.261 e. The molecule has 0 saturated carbocycles. The molecule has 0 radical (unpaired) electrons. The number of benzene rings is 2. The lowest BCUT2D eigenvalue weighted by Gasteiger charge is -2.30. The first-order valence-electron chi connectivity index (χ1n) is 10.5. The minimum absolute atomic E-state index is 0.0302. The van der Waals surface area contributed by atoms with E-state index in [1.807, 2.05) is 0 Å². The summed E-state index contributed by atoms with van der Waals surface area (Å²) in [6, 6.07) is 13.5. The average Bonchev–Trinajstić information content (AvgIpc) is 3.38. The second-order valence-corrected chi connectivity index (χ2v) is 13.4. The third-order valence-corrected chi connectivity index (χ3v) is 10.9. The molecule has 2 heterocycles. The van der Waals surface area contributed by atoms with E-state index in [-0.39, 0.29) is 37.3 Å². The molecule has 8 nitrogen and oxygen atoms in total. The molecule has 1 fully saturated rings. The fraction of sp³-hybridized carbons (Fsp3) is 0.227. The van der Waals surface area contributed by atoms with E-state index in [0.29, 0.717) is 25.1 Å². The molecule has 3 aromatic rings. The highest BCUT2D eigenvalue weighted by Gasteiger charge is 2.33. The van der Waals surface area contributed by atoms with Crippen molar-refractivity contribution in [3.8, 4) is 0 Å². The van der Waals surface area contributed by atoms with Crippen LogP contribution in [0, 0.1) is 5.92 Å². The largest absolute Gasteiger partial charge is 0.326 e. The van der Waals surface area contributed by atoms with Crippen LogP contribution < -0.4 is 10.0 Å². The van der Waals surface area contributed by atoms with Crippen LogP contribution in [-0.2, 0) is 24.8 Å². The number of hydrogen-bond acceptors (Lipinski definition) is 6. The summed E-state index contributed by atoms with van der Waals surface area (Å²) in [6.07, 6.45) is 1.12. The number of rotatable bonds is 7. The van der Waals surface area contributed by atoms with Gasteiger partial charge in [0.2, 0.25) is 5.91 Å². The molecule has 1 aliphatic rings. The topological polar surface area (TPSA) is 113 Å². The lowest BCUT2D eigenvalue weighted by atomic mass is 9.99. The van der Waals surface area contributed by atoms with Crippen LogP contribution in [0.15, 0.2) is 69.1 Å². The Bertz CT molecular complexity index is 1430. The number of carbonyl (C=O) groups is 1. The van der Waals surface area contributed by atoms with Gasteiger partial charge in [-0.1, -0.05) is 35.3 Å². The second kappa shape index (κ2) is 10.5. The molecule has 0 aliphatic carbocycles. The van der Waals surface area contributed by atoms with Crippen molar-refractivity contribution in [3.63, 3.8) is 0 Å². The Kier molecular flexibility index (Phi) is 7.74. The third-order valence-electron chi connectivity index (χ3n) is 5.47. The van der Waals surface area contributed by atoms with Gasteiger partial charge in [0.15, 0.2) is 0 Å². The molecule has 4 rings (SSSR count).